The Labute approximate surface area is 121 Å². The second-order valence-corrected chi connectivity index (χ2v) is 4.43. The topological polar surface area (TPSA) is 101 Å². The first-order valence-corrected chi connectivity index (χ1v) is 6.64. The van der Waals surface area contributed by atoms with E-state index in [9.17, 15) is 14.4 Å². The average Bonchev–Trinajstić information content (AvgIpc) is 2.77. The minimum atomic E-state index is -1.14. The molecule has 0 radical (unpaired) electrons. The lowest BCUT2D eigenvalue weighted by molar-refractivity contribution is -0.180. The Hall–Kier alpha value is -1.71. The SMILES string of the molecule is O=C(OC1COCCOCCOC1)ON1C(=O)CCC1=O. The number of carbonyl (C=O) groups excluding carboxylic acids is 3. The van der Waals surface area contributed by atoms with Crippen LogP contribution in [0.3, 0.4) is 0 Å². The molecule has 2 amide bonds. The van der Waals surface area contributed by atoms with E-state index in [1.165, 1.54) is 0 Å². The van der Waals surface area contributed by atoms with Crippen molar-refractivity contribution >= 4 is 18.0 Å². The second-order valence-electron chi connectivity index (χ2n) is 4.43. The van der Waals surface area contributed by atoms with Crippen molar-refractivity contribution in [2.45, 2.75) is 18.9 Å². The van der Waals surface area contributed by atoms with Gasteiger partial charge in [0.05, 0.1) is 39.6 Å². The van der Waals surface area contributed by atoms with Gasteiger partial charge in [-0.1, -0.05) is 5.06 Å². The van der Waals surface area contributed by atoms with Crippen molar-refractivity contribution in [1.29, 1.82) is 0 Å². The molecule has 2 rings (SSSR count). The molecule has 0 aromatic carbocycles. The van der Waals surface area contributed by atoms with E-state index in [1.54, 1.807) is 0 Å². The first-order valence-electron chi connectivity index (χ1n) is 6.64. The summed E-state index contributed by atoms with van der Waals surface area (Å²) in [5, 5.41) is 0.429. The lowest BCUT2D eigenvalue weighted by Crippen LogP contribution is -2.36. The summed E-state index contributed by atoms with van der Waals surface area (Å²) in [7, 11) is 0. The minimum absolute atomic E-state index is 0.0295. The lowest BCUT2D eigenvalue weighted by atomic mass is 10.4. The van der Waals surface area contributed by atoms with Gasteiger partial charge in [0.2, 0.25) is 0 Å². The molecule has 9 heteroatoms. The van der Waals surface area contributed by atoms with Crippen LogP contribution >= 0.6 is 0 Å². The van der Waals surface area contributed by atoms with Gasteiger partial charge >= 0.3 is 6.16 Å². The Balaban J connectivity index is 1.79. The van der Waals surface area contributed by atoms with Crippen LogP contribution in [0.15, 0.2) is 0 Å². The molecule has 21 heavy (non-hydrogen) atoms. The highest BCUT2D eigenvalue weighted by Gasteiger charge is 2.34. The van der Waals surface area contributed by atoms with E-state index in [0.717, 1.165) is 0 Å². The summed E-state index contributed by atoms with van der Waals surface area (Å²) in [5.41, 5.74) is 0. The zero-order valence-corrected chi connectivity index (χ0v) is 11.4. The molecule has 0 saturated carbocycles. The van der Waals surface area contributed by atoms with Gasteiger partial charge in [0.25, 0.3) is 11.8 Å². The van der Waals surface area contributed by atoms with Gasteiger partial charge in [0, 0.05) is 12.8 Å². The van der Waals surface area contributed by atoms with Crippen LogP contribution in [0, 0.1) is 0 Å². The highest BCUT2D eigenvalue weighted by Crippen LogP contribution is 2.13. The summed E-state index contributed by atoms with van der Waals surface area (Å²) in [6.07, 6.45) is -1.75. The predicted molar refractivity (Wildman–Crippen MR) is 64.9 cm³/mol. The van der Waals surface area contributed by atoms with E-state index < -0.39 is 24.1 Å². The van der Waals surface area contributed by atoms with Gasteiger partial charge in [0.15, 0.2) is 6.10 Å². The molecule has 0 bridgehead atoms. The molecule has 2 aliphatic heterocycles. The maximum atomic E-state index is 11.6. The maximum absolute atomic E-state index is 11.6. The molecule has 2 heterocycles. The molecule has 2 aliphatic rings. The quantitative estimate of drug-likeness (QED) is 0.503. The fourth-order valence-corrected chi connectivity index (χ4v) is 1.77. The van der Waals surface area contributed by atoms with Crippen LogP contribution in [0.25, 0.3) is 0 Å². The third-order valence-electron chi connectivity index (χ3n) is 2.79. The van der Waals surface area contributed by atoms with Crippen molar-refractivity contribution in [3.8, 4) is 0 Å². The first kappa shape index (κ1) is 15.7. The van der Waals surface area contributed by atoms with E-state index >= 15 is 0 Å². The number of nitrogens with zero attached hydrogens (tertiary/aromatic N) is 1. The fourth-order valence-electron chi connectivity index (χ4n) is 1.77. The monoisotopic (exact) mass is 303 g/mol. The molecule has 0 aromatic rings. The maximum Gasteiger partial charge on any atom is 0.534 e. The Bertz CT molecular complexity index is 373. The Morgan fingerprint density at radius 2 is 1.48 bits per heavy atom. The first-order chi connectivity index (χ1) is 10.2. The summed E-state index contributed by atoms with van der Waals surface area (Å²) in [4.78, 5) is 38.8. The number of ether oxygens (including phenoxy) is 4. The molecule has 0 spiro atoms. The molecular weight excluding hydrogens is 286 g/mol. The van der Waals surface area contributed by atoms with E-state index in [0.29, 0.717) is 31.5 Å². The number of hydroxylamine groups is 2. The van der Waals surface area contributed by atoms with Crippen molar-refractivity contribution in [3.05, 3.63) is 0 Å². The molecule has 0 aliphatic carbocycles. The van der Waals surface area contributed by atoms with Crippen LogP contribution in [0.5, 0.6) is 0 Å². The second kappa shape index (κ2) is 7.91. The molecule has 9 nitrogen and oxygen atoms in total. The number of amides is 2. The smallest absolute Gasteiger partial charge is 0.424 e. The third-order valence-corrected chi connectivity index (χ3v) is 2.79. The zero-order valence-electron chi connectivity index (χ0n) is 11.4. The van der Waals surface area contributed by atoms with Gasteiger partial charge < -0.3 is 18.9 Å². The lowest BCUT2D eigenvalue weighted by Gasteiger charge is -2.20. The number of imide groups is 1. The fraction of sp³-hybridized carbons (Fsp3) is 0.750. The molecule has 0 unspecified atom stereocenters. The molecular formula is C12H17NO8. The molecule has 0 aromatic heterocycles. The Kier molecular flexibility index (Phi) is 5.90. The van der Waals surface area contributed by atoms with Crippen molar-refractivity contribution in [1.82, 2.24) is 5.06 Å². The molecule has 0 N–H and O–H groups in total. The van der Waals surface area contributed by atoms with Crippen LogP contribution in [0.2, 0.25) is 0 Å². The number of hydrogen-bond donors (Lipinski definition) is 0. The van der Waals surface area contributed by atoms with Crippen molar-refractivity contribution in [2.75, 3.05) is 39.6 Å². The standard InChI is InChI=1S/C12H17NO8/c14-10-1-2-11(15)13(10)21-12(16)20-9-7-18-5-3-17-4-6-19-8-9/h9H,1-8H2. The molecule has 2 fully saturated rings. The number of rotatable bonds is 2. The zero-order chi connectivity index (χ0) is 15.1. The van der Waals surface area contributed by atoms with Gasteiger partial charge in [-0.25, -0.2) is 4.79 Å². The average molecular weight is 303 g/mol. The summed E-state index contributed by atoms with van der Waals surface area (Å²) >= 11 is 0. The van der Waals surface area contributed by atoms with Gasteiger partial charge in [-0.15, -0.1) is 0 Å². The summed E-state index contributed by atoms with van der Waals surface area (Å²) in [6.45, 7) is 1.82. The van der Waals surface area contributed by atoms with Crippen LogP contribution < -0.4 is 0 Å². The van der Waals surface area contributed by atoms with E-state index in [2.05, 4.69) is 4.84 Å². The number of carbonyl (C=O) groups is 3. The van der Waals surface area contributed by atoms with E-state index in [1.807, 2.05) is 0 Å². The van der Waals surface area contributed by atoms with Crippen molar-refractivity contribution in [3.63, 3.8) is 0 Å². The Morgan fingerprint density at radius 1 is 0.952 bits per heavy atom. The van der Waals surface area contributed by atoms with E-state index in [4.69, 9.17) is 18.9 Å². The predicted octanol–water partition coefficient (Wildman–Crippen LogP) is -0.364. The van der Waals surface area contributed by atoms with Crippen LogP contribution in [0.1, 0.15) is 12.8 Å². The molecule has 0 atom stereocenters. The van der Waals surface area contributed by atoms with Gasteiger partial charge in [0.1, 0.15) is 0 Å². The van der Waals surface area contributed by atoms with Crippen LogP contribution in [0.4, 0.5) is 4.79 Å². The highest BCUT2D eigenvalue weighted by atomic mass is 16.8. The largest absolute Gasteiger partial charge is 0.534 e. The van der Waals surface area contributed by atoms with Crippen molar-refractivity contribution < 1.29 is 38.2 Å². The van der Waals surface area contributed by atoms with Gasteiger partial charge in [-0.2, -0.15) is 0 Å². The molecule has 118 valence electrons. The minimum Gasteiger partial charge on any atom is -0.424 e. The van der Waals surface area contributed by atoms with Gasteiger partial charge in [-0.05, 0) is 0 Å². The number of hydrogen-bond acceptors (Lipinski definition) is 8. The third kappa shape index (κ3) is 4.96. The summed E-state index contributed by atoms with van der Waals surface area (Å²) in [5.74, 6) is -1.12. The van der Waals surface area contributed by atoms with Crippen LogP contribution in [-0.2, 0) is 33.4 Å². The van der Waals surface area contributed by atoms with Gasteiger partial charge in [-0.3, -0.25) is 14.4 Å². The summed E-state index contributed by atoms with van der Waals surface area (Å²) in [6, 6.07) is 0. The van der Waals surface area contributed by atoms with E-state index in [-0.39, 0.29) is 26.1 Å². The molecule has 2 saturated heterocycles. The normalized spacial score (nSPS) is 22.2. The highest BCUT2D eigenvalue weighted by molar-refractivity contribution is 6.01. The Morgan fingerprint density at radius 3 is 2.05 bits per heavy atom. The van der Waals surface area contributed by atoms with Crippen molar-refractivity contribution in [2.24, 2.45) is 0 Å². The van der Waals surface area contributed by atoms with Crippen LogP contribution in [-0.4, -0.2) is 68.8 Å². The summed E-state index contributed by atoms with van der Waals surface area (Å²) < 4.78 is 20.7.